The van der Waals surface area contributed by atoms with Crippen molar-refractivity contribution in [3.05, 3.63) is 60.2 Å². The molecule has 0 bridgehead atoms. The van der Waals surface area contributed by atoms with Crippen molar-refractivity contribution in [1.82, 2.24) is 0 Å². The molecular weight excluding hydrogens is 198 g/mol. The third-order valence-corrected chi connectivity index (χ3v) is 2.21. The summed E-state index contributed by atoms with van der Waals surface area (Å²) in [5.41, 5.74) is 0.911. The average molecular weight is 209 g/mol. The van der Waals surface area contributed by atoms with Gasteiger partial charge in [0, 0.05) is 5.56 Å². The van der Waals surface area contributed by atoms with Crippen LogP contribution in [0.25, 0.3) is 0 Å². The fourth-order valence-electron chi connectivity index (χ4n) is 1.45. The van der Waals surface area contributed by atoms with E-state index in [1.54, 1.807) is 0 Å². The lowest BCUT2D eigenvalue weighted by molar-refractivity contribution is 0.478. The maximum atomic E-state index is 8.70. The molecule has 0 unspecified atom stereocenters. The van der Waals surface area contributed by atoms with Crippen molar-refractivity contribution in [2.24, 2.45) is 0 Å². The number of hydrogen-bond donors (Lipinski definition) is 0. The van der Waals surface area contributed by atoms with Crippen LogP contribution in [-0.4, -0.2) is 0 Å². The fraction of sp³-hybridized carbons (Fsp3) is 0.0714. The van der Waals surface area contributed by atoms with Crippen molar-refractivity contribution in [1.29, 1.82) is 5.26 Å². The van der Waals surface area contributed by atoms with Crippen LogP contribution in [0.5, 0.6) is 11.5 Å². The number of para-hydroxylation sites is 2. The summed E-state index contributed by atoms with van der Waals surface area (Å²) in [5.74, 6) is 1.53. The van der Waals surface area contributed by atoms with Crippen molar-refractivity contribution in [3.8, 4) is 17.6 Å². The minimum Gasteiger partial charge on any atom is -0.457 e. The highest BCUT2D eigenvalue weighted by Gasteiger charge is 2.02. The first-order chi connectivity index (χ1) is 7.90. The molecule has 2 nitrogen and oxygen atoms in total. The molecule has 2 aromatic rings. The predicted molar refractivity (Wildman–Crippen MR) is 62.3 cm³/mol. The highest BCUT2D eigenvalue weighted by Crippen LogP contribution is 2.24. The zero-order chi connectivity index (χ0) is 11.2. The van der Waals surface area contributed by atoms with Gasteiger partial charge in [-0.3, -0.25) is 0 Å². The standard InChI is InChI=1S/C14H11NO/c15-11-10-12-6-4-5-9-14(12)16-13-7-2-1-3-8-13/h1-9H,10H2. The molecule has 0 amide bonds. The number of hydrogen-bond acceptors (Lipinski definition) is 2. The molecule has 0 saturated heterocycles. The van der Waals surface area contributed by atoms with E-state index in [9.17, 15) is 0 Å². The van der Waals surface area contributed by atoms with Crippen molar-refractivity contribution in [2.45, 2.75) is 6.42 Å². The van der Waals surface area contributed by atoms with Gasteiger partial charge in [-0.25, -0.2) is 0 Å². The summed E-state index contributed by atoms with van der Waals surface area (Å²) in [6.07, 6.45) is 0.364. The van der Waals surface area contributed by atoms with Crippen LogP contribution in [0.2, 0.25) is 0 Å². The molecule has 0 spiro atoms. The van der Waals surface area contributed by atoms with Crippen LogP contribution in [0.1, 0.15) is 5.56 Å². The van der Waals surface area contributed by atoms with Crippen LogP contribution in [0.4, 0.5) is 0 Å². The Balaban J connectivity index is 2.25. The van der Waals surface area contributed by atoms with E-state index in [1.165, 1.54) is 0 Å². The summed E-state index contributed by atoms with van der Waals surface area (Å²) >= 11 is 0. The zero-order valence-corrected chi connectivity index (χ0v) is 8.76. The summed E-state index contributed by atoms with van der Waals surface area (Å²) < 4.78 is 5.71. The Morgan fingerprint density at radius 2 is 1.62 bits per heavy atom. The lowest BCUT2D eigenvalue weighted by Crippen LogP contribution is -1.90. The molecule has 2 rings (SSSR count). The topological polar surface area (TPSA) is 33.0 Å². The van der Waals surface area contributed by atoms with Gasteiger partial charge in [-0.2, -0.15) is 5.26 Å². The van der Waals surface area contributed by atoms with E-state index in [1.807, 2.05) is 54.6 Å². The Bertz CT molecular complexity index is 500. The normalized spacial score (nSPS) is 9.44. The number of nitrogens with zero attached hydrogens (tertiary/aromatic N) is 1. The summed E-state index contributed by atoms with van der Waals surface area (Å²) in [5, 5.41) is 8.70. The maximum absolute atomic E-state index is 8.70. The molecule has 0 saturated carbocycles. The van der Waals surface area contributed by atoms with E-state index in [2.05, 4.69) is 6.07 Å². The van der Waals surface area contributed by atoms with Crippen LogP contribution in [0, 0.1) is 11.3 Å². The molecule has 2 heteroatoms. The smallest absolute Gasteiger partial charge is 0.131 e. The van der Waals surface area contributed by atoms with Gasteiger partial charge in [-0.05, 0) is 18.2 Å². The average Bonchev–Trinajstić information content (AvgIpc) is 2.33. The predicted octanol–water partition coefficient (Wildman–Crippen LogP) is 3.54. The Kier molecular flexibility index (Phi) is 3.20. The third-order valence-electron chi connectivity index (χ3n) is 2.21. The Morgan fingerprint density at radius 1 is 0.938 bits per heavy atom. The molecule has 0 aliphatic rings. The van der Waals surface area contributed by atoms with Gasteiger partial charge in [0.05, 0.1) is 12.5 Å². The minimum absolute atomic E-state index is 0.364. The van der Waals surface area contributed by atoms with Gasteiger partial charge in [0.25, 0.3) is 0 Å². The van der Waals surface area contributed by atoms with Crippen LogP contribution >= 0.6 is 0 Å². The second-order valence-electron chi connectivity index (χ2n) is 3.36. The molecule has 0 N–H and O–H groups in total. The number of rotatable bonds is 3. The van der Waals surface area contributed by atoms with E-state index < -0.39 is 0 Å². The summed E-state index contributed by atoms with van der Waals surface area (Å²) in [6.45, 7) is 0. The first-order valence-corrected chi connectivity index (χ1v) is 5.08. The second-order valence-corrected chi connectivity index (χ2v) is 3.36. The first kappa shape index (κ1) is 10.3. The molecule has 0 aromatic heterocycles. The van der Waals surface area contributed by atoms with Crippen LogP contribution in [0.3, 0.4) is 0 Å². The SMILES string of the molecule is N#CCc1ccccc1Oc1ccccc1. The molecule has 16 heavy (non-hydrogen) atoms. The molecule has 0 atom stereocenters. The molecule has 0 radical (unpaired) electrons. The molecule has 78 valence electrons. The van der Waals surface area contributed by atoms with Gasteiger partial charge in [-0.15, -0.1) is 0 Å². The first-order valence-electron chi connectivity index (χ1n) is 5.08. The number of ether oxygens (including phenoxy) is 1. The molecular formula is C14H11NO. The van der Waals surface area contributed by atoms with Gasteiger partial charge in [0.1, 0.15) is 11.5 Å². The quantitative estimate of drug-likeness (QED) is 0.774. The summed E-state index contributed by atoms with van der Waals surface area (Å²) in [6, 6.07) is 19.3. The Morgan fingerprint density at radius 3 is 2.38 bits per heavy atom. The lowest BCUT2D eigenvalue weighted by atomic mass is 10.1. The Hall–Kier alpha value is -2.27. The van der Waals surface area contributed by atoms with Gasteiger partial charge in [0.2, 0.25) is 0 Å². The van der Waals surface area contributed by atoms with Crippen LogP contribution in [0.15, 0.2) is 54.6 Å². The molecule has 0 aliphatic carbocycles. The van der Waals surface area contributed by atoms with Gasteiger partial charge < -0.3 is 4.74 Å². The minimum atomic E-state index is 0.364. The monoisotopic (exact) mass is 209 g/mol. The highest BCUT2D eigenvalue weighted by atomic mass is 16.5. The summed E-state index contributed by atoms with van der Waals surface area (Å²) in [7, 11) is 0. The molecule has 0 fully saturated rings. The van der Waals surface area contributed by atoms with E-state index in [-0.39, 0.29) is 0 Å². The highest BCUT2D eigenvalue weighted by molar-refractivity contribution is 5.38. The number of benzene rings is 2. The van der Waals surface area contributed by atoms with Crippen molar-refractivity contribution < 1.29 is 4.74 Å². The van der Waals surface area contributed by atoms with E-state index in [4.69, 9.17) is 10.00 Å². The van der Waals surface area contributed by atoms with Gasteiger partial charge >= 0.3 is 0 Å². The summed E-state index contributed by atoms with van der Waals surface area (Å²) in [4.78, 5) is 0. The second kappa shape index (κ2) is 4.99. The van der Waals surface area contributed by atoms with E-state index in [0.29, 0.717) is 6.42 Å². The van der Waals surface area contributed by atoms with Crippen LogP contribution < -0.4 is 4.74 Å². The van der Waals surface area contributed by atoms with E-state index in [0.717, 1.165) is 17.1 Å². The number of nitriles is 1. The molecule has 0 aliphatic heterocycles. The largest absolute Gasteiger partial charge is 0.457 e. The molecule has 2 aromatic carbocycles. The van der Waals surface area contributed by atoms with Crippen LogP contribution in [-0.2, 0) is 6.42 Å². The van der Waals surface area contributed by atoms with E-state index >= 15 is 0 Å². The van der Waals surface area contributed by atoms with Crippen molar-refractivity contribution >= 4 is 0 Å². The van der Waals surface area contributed by atoms with Gasteiger partial charge in [-0.1, -0.05) is 36.4 Å². The fourth-order valence-corrected chi connectivity index (χ4v) is 1.45. The van der Waals surface area contributed by atoms with Gasteiger partial charge in [0.15, 0.2) is 0 Å². The zero-order valence-electron chi connectivity index (χ0n) is 8.76. The van der Waals surface area contributed by atoms with Crippen molar-refractivity contribution in [2.75, 3.05) is 0 Å². The molecule has 0 heterocycles. The lowest BCUT2D eigenvalue weighted by Gasteiger charge is -2.08. The third kappa shape index (κ3) is 2.40. The Labute approximate surface area is 94.7 Å². The maximum Gasteiger partial charge on any atom is 0.131 e. The van der Waals surface area contributed by atoms with Crippen molar-refractivity contribution in [3.63, 3.8) is 0 Å².